The van der Waals surface area contributed by atoms with Gasteiger partial charge in [0, 0.05) is 29.2 Å². The lowest BCUT2D eigenvalue weighted by Crippen LogP contribution is -2.31. The minimum Gasteiger partial charge on any atom is -0.361 e. The highest BCUT2D eigenvalue weighted by atomic mass is 32.2. The number of nitrogens with one attached hydrogen (secondary N) is 1. The SMILES string of the molecule is CN1CCC(c2ccc3c(c2)[C@H](c2c[nH]c4ccccc24)N(S(=O)(=O)Cc2ccccc2)C3)CC1. The lowest BCUT2D eigenvalue weighted by Gasteiger charge is -2.30. The molecule has 0 bridgehead atoms. The molecule has 6 heteroatoms. The largest absolute Gasteiger partial charge is 0.361 e. The minimum absolute atomic E-state index is 0.00248. The van der Waals surface area contributed by atoms with E-state index in [0.29, 0.717) is 12.5 Å². The van der Waals surface area contributed by atoms with Gasteiger partial charge in [-0.1, -0.05) is 66.7 Å². The van der Waals surface area contributed by atoms with Crippen LogP contribution in [0.4, 0.5) is 0 Å². The van der Waals surface area contributed by atoms with Crippen molar-refractivity contribution in [2.45, 2.75) is 37.1 Å². The van der Waals surface area contributed by atoms with Crippen molar-refractivity contribution < 1.29 is 8.42 Å². The van der Waals surface area contributed by atoms with Gasteiger partial charge in [-0.05, 0) is 67.2 Å². The van der Waals surface area contributed by atoms with E-state index in [1.54, 1.807) is 4.31 Å². The van der Waals surface area contributed by atoms with Crippen LogP contribution in [0.5, 0.6) is 0 Å². The van der Waals surface area contributed by atoms with E-state index in [2.05, 4.69) is 41.2 Å². The summed E-state index contributed by atoms with van der Waals surface area (Å²) < 4.78 is 29.4. The van der Waals surface area contributed by atoms with Gasteiger partial charge in [-0.3, -0.25) is 0 Å². The van der Waals surface area contributed by atoms with Gasteiger partial charge in [-0.25, -0.2) is 8.42 Å². The predicted octanol–water partition coefficient (Wildman–Crippen LogP) is 5.41. The molecule has 0 unspecified atom stereocenters. The van der Waals surface area contributed by atoms with Crippen LogP contribution in [-0.2, 0) is 22.3 Å². The van der Waals surface area contributed by atoms with E-state index in [-0.39, 0.29) is 11.8 Å². The number of benzene rings is 3. The molecule has 0 saturated carbocycles. The topological polar surface area (TPSA) is 56.4 Å². The van der Waals surface area contributed by atoms with Crippen LogP contribution in [0.15, 0.2) is 79.0 Å². The first-order chi connectivity index (χ1) is 17.0. The first kappa shape index (κ1) is 22.5. The molecule has 5 nitrogen and oxygen atoms in total. The van der Waals surface area contributed by atoms with E-state index in [4.69, 9.17) is 0 Å². The molecule has 4 aromatic rings. The molecule has 0 radical (unpaired) electrons. The molecule has 1 fully saturated rings. The van der Waals surface area contributed by atoms with E-state index < -0.39 is 10.0 Å². The third-order valence-electron chi connectivity index (χ3n) is 7.73. The Balaban J connectivity index is 1.44. The first-order valence-electron chi connectivity index (χ1n) is 12.4. The molecule has 2 aliphatic heterocycles. The fraction of sp³-hybridized carbons (Fsp3) is 0.310. The van der Waals surface area contributed by atoms with Crippen molar-refractivity contribution in [3.05, 3.63) is 107 Å². The highest BCUT2D eigenvalue weighted by Crippen LogP contribution is 2.45. The molecule has 1 atom stereocenters. The maximum atomic E-state index is 13.8. The number of H-pyrrole nitrogens is 1. The Kier molecular flexibility index (Phi) is 5.75. The highest BCUT2D eigenvalue weighted by molar-refractivity contribution is 7.88. The fourth-order valence-corrected chi connectivity index (χ4v) is 7.46. The van der Waals surface area contributed by atoms with Crippen molar-refractivity contribution in [3.8, 4) is 0 Å². The number of hydrogen-bond donors (Lipinski definition) is 1. The molecule has 0 spiro atoms. The average Bonchev–Trinajstić information content (AvgIpc) is 3.46. The Bertz CT molecular complexity index is 1450. The summed E-state index contributed by atoms with van der Waals surface area (Å²) in [6.45, 7) is 2.61. The Morgan fingerprint density at radius 3 is 2.46 bits per heavy atom. The van der Waals surface area contributed by atoms with Crippen molar-refractivity contribution in [2.75, 3.05) is 20.1 Å². The summed E-state index contributed by atoms with van der Waals surface area (Å²) in [6.07, 6.45) is 4.28. The Morgan fingerprint density at radius 1 is 0.914 bits per heavy atom. The zero-order valence-electron chi connectivity index (χ0n) is 20.0. The summed E-state index contributed by atoms with van der Waals surface area (Å²) in [5.41, 5.74) is 6.44. The van der Waals surface area contributed by atoms with E-state index in [1.165, 1.54) is 5.56 Å². The number of piperidine rings is 1. The summed E-state index contributed by atoms with van der Waals surface area (Å²) in [6, 6.07) is 24.0. The fourth-order valence-electron chi connectivity index (χ4n) is 5.79. The summed E-state index contributed by atoms with van der Waals surface area (Å²) in [7, 11) is -1.37. The van der Waals surface area contributed by atoms with Crippen LogP contribution < -0.4 is 0 Å². The minimum atomic E-state index is -3.56. The molecule has 2 aliphatic rings. The lowest BCUT2D eigenvalue weighted by molar-refractivity contribution is 0.255. The first-order valence-corrected chi connectivity index (χ1v) is 14.0. The molecule has 1 N–H and O–H groups in total. The molecule has 1 saturated heterocycles. The van der Waals surface area contributed by atoms with E-state index >= 15 is 0 Å². The second-order valence-corrected chi connectivity index (χ2v) is 11.9. The molecule has 180 valence electrons. The van der Waals surface area contributed by atoms with Crippen LogP contribution in [0.25, 0.3) is 10.9 Å². The van der Waals surface area contributed by atoms with Gasteiger partial charge >= 0.3 is 0 Å². The number of likely N-dealkylation sites (tertiary alicyclic amines) is 1. The standard InChI is InChI=1S/C29H31N3O2S/c1-31-15-13-22(14-16-31)23-11-12-24-19-32(35(33,34)20-21-7-3-2-4-8-21)29(26(24)17-23)27-18-30-28-10-6-5-9-25(27)28/h2-12,17-18,22,29-30H,13-16,19-20H2,1H3/t29-/m1/s1. The Morgan fingerprint density at radius 2 is 1.66 bits per heavy atom. The third kappa shape index (κ3) is 4.20. The maximum Gasteiger partial charge on any atom is 0.219 e. The van der Waals surface area contributed by atoms with Crippen LogP contribution >= 0.6 is 0 Å². The second-order valence-electron chi connectivity index (χ2n) is 10.0. The van der Waals surface area contributed by atoms with Gasteiger partial charge in [0.15, 0.2) is 0 Å². The van der Waals surface area contributed by atoms with Crippen molar-refractivity contribution in [3.63, 3.8) is 0 Å². The molecule has 0 amide bonds. The maximum absolute atomic E-state index is 13.8. The lowest BCUT2D eigenvalue weighted by atomic mass is 9.86. The molecular weight excluding hydrogens is 454 g/mol. The third-order valence-corrected chi connectivity index (χ3v) is 9.49. The number of para-hydroxylation sites is 1. The van der Waals surface area contributed by atoms with Crippen LogP contribution in [0.1, 0.15) is 52.6 Å². The zero-order valence-corrected chi connectivity index (χ0v) is 20.8. The molecule has 3 heterocycles. The predicted molar refractivity (Wildman–Crippen MR) is 141 cm³/mol. The van der Waals surface area contributed by atoms with Crippen molar-refractivity contribution in [1.82, 2.24) is 14.2 Å². The number of fused-ring (bicyclic) bond motifs is 2. The van der Waals surface area contributed by atoms with Gasteiger partial charge in [0.1, 0.15) is 0 Å². The molecule has 3 aromatic carbocycles. The zero-order chi connectivity index (χ0) is 24.0. The van der Waals surface area contributed by atoms with Crippen molar-refractivity contribution in [2.24, 2.45) is 0 Å². The molecule has 35 heavy (non-hydrogen) atoms. The van der Waals surface area contributed by atoms with Crippen LogP contribution in [-0.4, -0.2) is 42.7 Å². The van der Waals surface area contributed by atoms with Gasteiger partial charge in [0.25, 0.3) is 0 Å². The molecule has 6 rings (SSSR count). The van der Waals surface area contributed by atoms with E-state index in [0.717, 1.165) is 59.1 Å². The summed E-state index contributed by atoms with van der Waals surface area (Å²) in [5.74, 6) is 0.526. The Labute approximate surface area is 207 Å². The summed E-state index contributed by atoms with van der Waals surface area (Å²) >= 11 is 0. The van der Waals surface area contributed by atoms with Crippen LogP contribution in [0, 0.1) is 0 Å². The quantitative estimate of drug-likeness (QED) is 0.411. The number of aromatic amines is 1. The molecule has 0 aliphatic carbocycles. The van der Waals surface area contributed by atoms with Crippen molar-refractivity contribution >= 4 is 20.9 Å². The molecular formula is C29H31N3O2S. The normalized spacial score (nSPS) is 19.9. The van der Waals surface area contributed by atoms with E-state index in [1.807, 2.05) is 54.7 Å². The van der Waals surface area contributed by atoms with Gasteiger partial charge in [-0.2, -0.15) is 4.31 Å². The van der Waals surface area contributed by atoms with Gasteiger partial charge in [0.2, 0.25) is 10.0 Å². The highest BCUT2D eigenvalue weighted by Gasteiger charge is 2.40. The number of hydrogen-bond acceptors (Lipinski definition) is 3. The van der Waals surface area contributed by atoms with Crippen LogP contribution in [0.2, 0.25) is 0 Å². The second kappa shape index (κ2) is 8.94. The number of aromatic nitrogens is 1. The monoisotopic (exact) mass is 485 g/mol. The van der Waals surface area contributed by atoms with Gasteiger partial charge in [-0.15, -0.1) is 0 Å². The summed E-state index contributed by atoms with van der Waals surface area (Å²) in [5, 5.41) is 1.08. The number of sulfonamides is 1. The van der Waals surface area contributed by atoms with Crippen molar-refractivity contribution in [1.29, 1.82) is 0 Å². The van der Waals surface area contributed by atoms with Gasteiger partial charge < -0.3 is 9.88 Å². The summed E-state index contributed by atoms with van der Waals surface area (Å²) in [4.78, 5) is 5.76. The molecule has 1 aromatic heterocycles. The van der Waals surface area contributed by atoms with Crippen LogP contribution in [0.3, 0.4) is 0 Å². The Hall–Kier alpha value is -2.93. The number of nitrogens with zero attached hydrogens (tertiary/aromatic N) is 2. The van der Waals surface area contributed by atoms with Gasteiger partial charge in [0.05, 0.1) is 11.8 Å². The smallest absolute Gasteiger partial charge is 0.219 e. The number of rotatable bonds is 5. The average molecular weight is 486 g/mol. The van der Waals surface area contributed by atoms with E-state index in [9.17, 15) is 8.42 Å².